The predicted octanol–water partition coefficient (Wildman–Crippen LogP) is 3.20. The molecule has 2 aliphatic carbocycles. The third-order valence-corrected chi connectivity index (χ3v) is 5.12. The standard InChI is InChI=1S/C16H22N2O2/c1-9(13-7-10-2-3-11(13)6-10)18-15-5-4-12(16(19)20)8-14(15)17/h4-5,8-11,13,18H,2-3,6-7,17H2,1H3,(H,19,20). The molecule has 0 spiro atoms. The van der Waals surface area contributed by atoms with Crippen LogP contribution in [0.3, 0.4) is 0 Å². The number of nitrogens with two attached hydrogens (primary N) is 1. The van der Waals surface area contributed by atoms with Crippen LogP contribution in [0, 0.1) is 17.8 Å². The lowest BCUT2D eigenvalue weighted by Crippen LogP contribution is -2.30. The van der Waals surface area contributed by atoms with Gasteiger partial charge in [-0.3, -0.25) is 0 Å². The summed E-state index contributed by atoms with van der Waals surface area (Å²) in [5.74, 6) is 1.58. The molecule has 2 saturated carbocycles. The third-order valence-electron chi connectivity index (χ3n) is 5.12. The SMILES string of the molecule is CC(Nc1ccc(C(=O)O)cc1N)C1CC2CCC1C2. The van der Waals surface area contributed by atoms with Gasteiger partial charge in [-0.15, -0.1) is 0 Å². The van der Waals surface area contributed by atoms with Gasteiger partial charge in [-0.2, -0.15) is 0 Å². The summed E-state index contributed by atoms with van der Waals surface area (Å²) in [6, 6.07) is 5.30. The molecule has 4 unspecified atom stereocenters. The van der Waals surface area contributed by atoms with Crippen LogP contribution < -0.4 is 11.1 Å². The molecule has 4 heteroatoms. The van der Waals surface area contributed by atoms with E-state index in [0.717, 1.165) is 23.4 Å². The van der Waals surface area contributed by atoms with E-state index in [1.807, 2.05) is 0 Å². The van der Waals surface area contributed by atoms with E-state index >= 15 is 0 Å². The number of anilines is 2. The molecule has 2 fully saturated rings. The minimum Gasteiger partial charge on any atom is -0.478 e. The molecule has 20 heavy (non-hydrogen) atoms. The van der Waals surface area contributed by atoms with Gasteiger partial charge in [0.05, 0.1) is 16.9 Å². The lowest BCUT2D eigenvalue weighted by Gasteiger charge is -2.29. The molecule has 0 heterocycles. The van der Waals surface area contributed by atoms with E-state index in [1.54, 1.807) is 12.1 Å². The van der Waals surface area contributed by atoms with Crippen LogP contribution in [-0.2, 0) is 0 Å². The molecule has 108 valence electrons. The highest BCUT2D eigenvalue weighted by molar-refractivity contribution is 5.90. The number of aromatic carboxylic acids is 1. The molecule has 0 aromatic heterocycles. The Kier molecular flexibility index (Phi) is 3.32. The number of carbonyl (C=O) groups is 1. The summed E-state index contributed by atoms with van der Waals surface area (Å²) >= 11 is 0. The van der Waals surface area contributed by atoms with Gasteiger partial charge in [-0.1, -0.05) is 6.42 Å². The molecule has 2 aliphatic rings. The maximum Gasteiger partial charge on any atom is 0.335 e. The maximum atomic E-state index is 10.9. The van der Waals surface area contributed by atoms with Crippen molar-refractivity contribution < 1.29 is 9.90 Å². The van der Waals surface area contributed by atoms with Gasteiger partial charge in [-0.05, 0) is 62.1 Å². The summed E-state index contributed by atoms with van der Waals surface area (Å²) < 4.78 is 0. The van der Waals surface area contributed by atoms with Gasteiger partial charge in [-0.25, -0.2) is 4.79 Å². The second-order valence-corrected chi connectivity index (χ2v) is 6.38. The normalized spacial score (nSPS) is 29.4. The molecular formula is C16H22N2O2. The van der Waals surface area contributed by atoms with Gasteiger partial charge >= 0.3 is 5.97 Å². The fraction of sp³-hybridized carbons (Fsp3) is 0.562. The smallest absolute Gasteiger partial charge is 0.335 e. The Morgan fingerprint density at radius 1 is 1.40 bits per heavy atom. The highest BCUT2D eigenvalue weighted by Crippen LogP contribution is 2.49. The van der Waals surface area contributed by atoms with E-state index in [-0.39, 0.29) is 5.56 Å². The van der Waals surface area contributed by atoms with Crippen molar-refractivity contribution in [2.24, 2.45) is 17.8 Å². The highest BCUT2D eigenvalue weighted by Gasteiger charge is 2.41. The van der Waals surface area contributed by atoms with Crippen LogP contribution in [0.25, 0.3) is 0 Å². The summed E-state index contributed by atoms with van der Waals surface area (Å²) in [4.78, 5) is 10.9. The number of benzene rings is 1. The van der Waals surface area contributed by atoms with Crippen LogP contribution in [-0.4, -0.2) is 17.1 Å². The van der Waals surface area contributed by atoms with E-state index < -0.39 is 5.97 Å². The number of hydrogen-bond acceptors (Lipinski definition) is 3. The van der Waals surface area contributed by atoms with Gasteiger partial charge in [0.25, 0.3) is 0 Å². The molecule has 4 N–H and O–H groups in total. The maximum absolute atomic E-state index is 10.9. The minimum absolute atomic E-state index is 0.237. The first kappa shape index (κ1) is 13.3. The second kappa shape index (κ2) is 5.00. The van der Waals surface area contributed by atoms with Crippen molar-refractivity contribution >= 4 is 17.3 Å². The van der Waals surface area contributed by atoms with Crippen LogP contribution in [0.15, 0.2) is 18.2 Å². The van der Waals surface area contributed by atoms with Crippen molar-refractivity contribution in [2.75, 3.05) is 11.1 Å². The molecule has 3 rings (SSSR count). The first-order chi connectivity index (χ1) is 9.54. The lowest BCUT2D eigenvalue weighted by molar-refractivity contribution is 0.0697. The zero-order valence-electron chi connectivity index (χ0n) is 11.8. The van der Waals surface area contributed by atoms with Gasteiger partial charge in [0.15, 0.2) is 0 Å². The van der Waals surface area contributed by atoms with E-state index in [1.165, 1.54) is 31.7 Å². The second-order valence-electron chi connectivity index (χ2n) is 6.38. The van der Waals surface area contributed by atoms with Crippen LogP contribution in [0.4, 0.5) is 11.4 Å². The number of hydrogen-bond donors (Lipinski definition) is 3. The van der Waals surface area contributed by atoms with E-state index in [4.69, 9.17) is 10.8 Å². The number of carboxylic acids is 1. The van der Waals surface area contributed by atoms with Crippen LogP contribution >= 0.6 is 0 Å². The molecule has 2 bridgehead atoms. The Labute approximate surface area is 119 Å². The fourth-order valence-electron chi connectivity index (χ4n) is 4.09. The summed E-state index contributed by atoms with van der Waals surface area (Å²) in [6.45, 7) is 2.22. The highest BCUT2D eigenvalue weighted by atomic mass is 16.4. The molecular weight excluding hydrogens is 252 g/mol. The lowest BCUT2D eigenvalue weighted by atomic mass is 9.84. The molecule has 4 nitrogen and oxygen atoms in total. The Bertz CT molecular complexity index is 529. The van der Waals surface area contributed by atoms with E-state index in [9.17, 15) is 4.79 Å². The first-order valence-electron chi connectivity index (χ1n) is 7.44. The van der Waals surface area contributed by atoms with Crippen molar-refractivity contribution in [3.05, 3.63) is 23.8 Å². The summed E-state index contributed by atoms with van der Waals surface area (Å²) in [5.41, 5.74) is 7.56. The van der Waals surface area contributed by atoms with Crippen molar-refractivity contribution in [1.29, 1.82) is 0 Å². The zero-order valence-corrected chi connectivity index (χ0v) is 11.8. The van der Waals surface area contributed by atoms with Crippen molar-refractivity contribution in [1.82, 2.24) is 0 Å². The zero-order chi connectivity index (χ0) is 14.3. The minimum atomic E-state index is -0.940. The van der Waals surface area contributed by atoms with Crippen LogP contribution in [0.1, 0.15) is 43.0 Å². The van der Waals surface area contributed by atoms with E-state index in [0.29, 0.717) is 11.7 Å². The number of carboxylic acid groups (broad SMARTS) is 1. The third kappa shape index (κ3) is 2.35. The summed E-state index contributed by atoms with van der Waals surface area (Å²) in [7, 11) is 0. The van der Waals surface area contributed by atoms with Crippen molar-refractivity contribution in [3.8, 4) is 0 Å². The molecule has 0 amide bonds. The molecule has 0 radical (unpaired) electrons. The Hall–Kier alpha value is -1.71. The number of nitrogens with one attached hydrogen (secondary N) is 1. The fourth-order valence-corrected chi connectivity index (χ4v) is 4.09. The number of fused-ring (bicyclic) bond motifs is 2. The molecule has 0 saturated heterocycles. The molecule has 0 aliphatic heterocycles. The van der Waals surface area contributed by atoms with Gasteiger partial charge < -0.3 is 16.2 Å². The van der Waals surface area contributed by atoms with Crippen molar-refractivity contribution in [3.63, 3.8) is 0 Å². The quantitative estimate of drug-likeness (QED) is 0.737. The summed E-state index contributed by atoms with van der Waals surface area (Å²) in [6.07, 6.45) is 5.49. The topological polar surface area (TPSA) is 75.3 Å². The number of rotatable bonds is 4. The number of nitrogen functional groups attached to an aromatic ring is 1. The predicted molar refractivity (Wildman–Crippen MR) is 79.8 cm³/mol. The Morgan fingerprint density at radius 2 is 2.20 bits per heavy atom. The van der Waals surface area contributed by atoms with E-state index in [2.05, 4.69) is 12.2 Å². The molecule has 1 aromatic rings. The van der Waals surface area contributed by atoms with Crippen LogP contribution in [0.5, 0.6) is 0 Å². The Balaban J connectivity index is 1.70. The largest absolute Gasteiger partial charge is 0.478 e. The van der Waals surface area contributed by atoms with Gasteiger partial charge in [0.1, 0.15) is 0 Å². The molecule has 1 aromatic carbocycles. The summed E-state index contributed by atoms with van der Waals surface area (Å²) in [5, 5.41) is 12.4. The van der Waals surface area contributed by atoms with Crippen molar-refractivity contribution in [2.45, 2.75) is 38.6 Å². The average Bonchev–Trinajstić information content (AvgIpc) is 3.03. The Morgan fingerprint density at radius 3 is 2.75 bits per heavy atom. The average molecular weight is 274 g/mol. The first-order valence-corrected chi connectivity index (χ1v) is 7.44. The monoisotopic (exact) mass is 274 g/mol. The van der Waals surface area contributed by atoms with Crippen LogP contribution in [0.2, 0.25) is 0 Å². The molecule has 4 atom stereocenters. The van der Waals surface area contributed by atoms with Gasteiger partial charge in [0.2, 0.25) is 0 Å². The van der Waals surface area contributed by atoms with Gasteiger partial charge in [0, 0.05) is 6.04 Å².